The highest BCUT2D eigenvalue weighted by atomic mass is 16.6. The van der Waals surface area contributed by atoms with E-state index in [-0.39, 0.29) is 17.5 Å². The Morgan fingerprint density at radius 2 is 1.77 bits per heavy atom. The standard InChI is InChI=1S/C6H13NO2.C3H6O/c1-6(2,3)9-5(8)7-4;1-3(2)4/h1-4H3,(H,7,8);4H,1H2,2H3. The Morgan fingerprint density at radius 3 is 1.85 bits per heavy atom. The minimum atomic E-state index is -0.389. The molecule has 13 heavy (non-hydrogen) atoms. The highest BCUT2D eigenvalue weighted by molar-refractivity contribution is 5.67. The van der Waals surface area contributed by atoms with Gasteiger partial charge in [-0.15, -0.1) is 0 Å². The summed E-state index contributed by atoms with van der Waals surface area (Å²) in [7, 11) is 1.54. The Morgan fingerprint density at radius 1 is 1.46 bits per heavy atom. The third kappa shape index (κ3) is 24.9. The molecule has 0 spiro atoms. The lowest BCUT2D eigenvalue weighted by molar-refractivity contribution is 0.0541. The molecule has 4 nitrogen and oxygen atoms in total. The molecule has 0 aliphatic carbocycles. The molecule has 0 aromatic heterocycles. The Balaban J connectivity index is 0. The predicted octanol–water partition coefficient (Wildman–Crippen LogP) is 2.22. The van der Waals surface area contributed by atoms with E-state index in [1.165, 1.54) is 14.0 Å². The molecule has 78 valence electrons. The van der Waals surface area contributed by atoms with Crippen LogP contribution in [0.15, 0.2) is 12.3 Å². The molecule has 1 amide bonds. The molecule has 0 bridgehead atoms. The van der Waals surface area contributed by atoms with E-state index in [0.29, 0.717) is 0 Å². The number of alkyl carbamates (subject to hydrolysis) is 1. The van der Waals surface area contributed by atoms with Crippen LogP contribution < -0.4 is 5.32 Å². The summed E-state index contributed by atoms with van der Waals surface area (Å²) in [5.74, 6) is 0.167. The summed E-state index contributed by atoms with van der Waals surface area (Å²) in [5, 5.41) is 10.2. The number of nitrogens with one attached hydrogen (secondary N) is 1. The molecule has 0 aromatic rings. The Bertz CT molecular complexity index is 166. The molecule has 0 unspecified atom stereocenters. The summed E-state index contributed by atoms with van der Waals surface area (Å²) in [6.45, 7) is 10.1. The summed E-state index contributed by atoms with van der Waals surface area (Å²) in [4.78, 5) is 10.5. The van der Waals surface area contributed by atoms with Crippen molar-refractivity contribution < 1.29 is 14.6 Å². The summed E-state index contributed by atoms with van der Waals surface area (Å²) in [6.07, 6.45) is -0.387. The summed E-state index contributed by atoms with van der Waals surface area (Å²) >= 11 is 0. The van der Waals surface area contributed by atoms with Gasteiger partial charge in [-0.05, 0) is 27.7 Å². The van der Waals surface area contributed by atoms with E-state index >= 15 is 0 Å². The summed E-state index contributed by atoms with van der Waals surface area (Å²) in [5.41, 5.74) is -0.389. The minimum absolute atomic E-state index is 0.167. The number of hydrogen-bond acceptors (Lipinski definition) is 3. The number of ether oxygens (including phenoxy) is 1. The highest BCUT2D eigenvalue weighted by Crippen LogP contribution is 2.05. The molecule has 0 fully saturated rings. The number of hydrogen-bond donors (Lipinski definition) is 2. The van der Waals surface area contributed by atoms with Gasteiger partial charge in [-0.3, -0.25) is 0 Å². The second kappa shape index (κ2) is 6.34. The fourth-order valence-electron chi connectivity index (χ4n) is 0.329. The minimum Gasteiger partial charge on any atom is -0.513 e. The van der Waals surface area contributed by atoms with Gasteiger partial charge in [0.25, 0.3) is 0 Å². The Labute approximate surface area is 79.6 Å². The van der Waals surface area contributed by atoms with Crippen LogP contribution in [0.3, 0.4) is 0 Å². The third-order valence-electron chi connectivity index (χ3n) is 0.603. The topological polar surface area (TPSA) is 58.6 Å². The molecule has 0 heterocycles. The zero-order valence-electron chi connectivity index (χ0n) is 8.97. The number of amides is 1. The normalized spacial score (nSPS) is 9.31. The molecule has 0 aliphatic rings. The van der Waals surface area contributed by atoms with Gasteiger partial charge in [-0.1, -0.05) is 6.58 Å². The van der Waals surface area contributed by atoms with Crippen LogP contribution in [0, 0.1) is 0 Å². The van der Waals surface area contributed by atoms with Crippen molar-refractivity contribution in [3.8, 4) is 0 Å². The Hall–Kier alpha value is -1.19. The monoisotopic (exact) mass is 189 g/mol. The molecular formula is C9H19NO3. The fourth-order valence-corrected chi connectivity index (χ4v) is 0.329. The third-order valence-corrected chi connectivity index (χ3v) is 0.603. The molecule has 4 heteroatoms. The van der Waals surface area contributed by atoms with Crippen LogP contribution in [0.2, 0.25) is 0 Å². The maximum absolute atomic E-state index is 10.5. The number of rotatable bonds is 0. The van der Waals surface area contributed by atoms with Gasteiger partial charge in [-0.25, -0.2) is 4.79 Å². The van der Waals surface area contributed by atoms with Gasteiger partial charge in [-0.2, -0.15) is 0 Å². The average molecular weight is 189 g/mol. The molecular weight excluding hydrogens is 170 g/mol. The zero-order chi connectivity index (χ0) is 11.1. The van der Waals surface area contributed by atoms with E-state index in [9.17, 15) is 4.79 Å². The second-order valence-corrected chi connectivity index (χ2v) is 3.49. The number of allylic oxidation sites excluding steroid dienone is 1. The largest absolute Gasteiger partial charge is 0.513 e. The van der Waals surface area contributed by atoms with Crippen LogP contribution in [-0.4, -0.2) is 23.8 Å². The van der Waals surface area contributed by atoms with Gasteiger partial charge >= 0.3 is 6.09 Å². The first-order valence-electron chi connectivity index (χ1n) is 3.94. The Kier molecular flexibility index (Phi) is 6.99. The lowest BCUT2D eigenvalue weighted by Gasteiger charge is -2.18. The molecule has 0 saturated heterocycles. The van der Waals surface area contributed by atoms with Crippen molar-refractivity contribution >= 4 is 6.09 Å². The van der Waals surface area contributed by atoms with E-state index < -0.39 is 0 Å². The molecule has 0 aromatic carbocycles. The lowest BCUT2D eigenvalue weighted by Crippen LogP contribution is -2.30. The van der Waals surface area contributed by atoms with Gasteiger partial charge in [0, 0.05) is 7.05 Å². The van der Waals surface area contributed by atoms with Gasteiger partial charge in [0.15, 0.2) is 0 Å². The first kappa shape index (κ1) is 14.3. The maximum Gasteiger partial charge on any atom is 0.407 e. The van der Waals surface area contributed by atoms with Gasteiger partial charge in [0.1, 0.15) is 5.60 Å². The summed E-state index contributed by atoms with van der Waals surface area (Å²) < 4.78 is 4.84. The van der Waals surface area contributed by atoms with Crippen LogP contribution in [0.1, 0.15) is 27.7 Å². The number of aliphatic hydroxyl groups is 1. The second-order valence-electron chi connectivity index (χ2n) is 3.49. The van der Waals surface area contributed by atoms with Crippen molar-refractivity contribution in [2.75, 3.05) is 7.05 Å². The summed E-state index contributed by atoms with van der Waals surface area (Å²) in [6, 6.07) is 0. The fraction of sp³-hybridized carbons (Fsp3) is 0.667. The van der Waals surface area contributed by atoms with Crippen molar-refractivity contribution in [1.29, 1.82) is 0 Å². The van der Waals surface area contributed by atoms with E-state index in [1.54, 1.807) is 0 Å². The molecule has 0 rings (SSSR count). The van der Waals surface area contributed by atoms with Crippen molar-refractivity contribution in [2.24, 2.45) is 0 Å². The molecule has 0 atom stereocenters. The molecule has 0 radical (unpaired) electrons. The van der Waals surface area contributed by atoms with Gasteiger partial charge in [0.2, 0.25) is 0 Å². The van der Waals surface area contributed by atoms with Crippen molar-refractivity contribution in [2.45, 2.75) is 33.3 Å². The quantitative estimate of drug-likeness (QED) is 0.574. The predicted molar refractivity (Wildman–Crippen MR) is 52.7 cm³/mol. The number of carbonyl (C=O) groups excluding carboxylic acids is 1. The van der Waals surface area contributed by atoms with Crippen LogP contribution in [0.25, 0.3) is 0 Å². The van der Waals surface area contributed by atoms with E-state index in [2.05, 4.69) is 11.9 Å². The first-order valence-corrected chi connectivity index (χ1v) is 3.94. The van der Waals surface area contributed by atoms with Gasteiger partial charge in [0.05, 0.1) is 5.76 Å². The first-order chi connectivity index (χ1) is 5.69. The van der Waals surface area contributed by atoms with Crippen LogP contribution in [0.4, 0.5) is 4.79 Å². The smallest absolute Gasteiger partial charge is 0.407 e. The van der Waals surface area contributed by atoms with Crippen molar-refractivity contribution in [3.05, 3.63) is 12.3 Å². The maximum atomic E-state index is 10.5. The number of carbonyl (C=O) groups is 1. The highest BCUT2D eigenvalue weighted by Gasteiger charge is 2.13. The zero-order valence-corrected chi connectivity index (χ0v) is 8.97. The number of aliphatic hydroxyl groups excluding tert-OH is 1. The van der Waals surface area contributed by atoms with E-state index in [1.807, 2.05) is 20.8 Å². The van der Waals surface area contributed by atoms with Gasteiger partial charge < -0.3 is 15.2 Å². The SMILES string of the molecule is C=C(C)O.CNC(=O)OC(C)(C)C. The lowest BCUT2D eigenvalue weighted by atomic mass is 10.2. The van der Waals surface area contributed by atoms with Crippen molar-refractivity contribution in [3.63, 3.8) is 0 Å². The van der Waals surface area contributed by atoms with E-state index in [0.717, 1.165) is 0 Å². The molecule has 0 saturated carbocycles. The average Bonchev–Trinajstić information content (AvgIpc) is 1.82. The van der Waals surface area contributed by atoms with Crippen LogP contribution >= 0.6 is 0 Å². The van der Waals surface area contributed by atoms with E-state index in [4.69, 9.17) is 9.84 Å². The van der Waals surface area contributed by atoms with Crippen molar-refractivity contribution in [1.82, 2.24) is 5.32 Å². The van der Waals surface area contributed by atoms with Crippen LogP contribution in [0.5, 0.6) is 0 Å². The van der Waals surface area contributed by atoms with Crippen LogP contribution in [-0.2, 0) is 4.74 Å². The molecule has 0 aliphatic heterocycles. The molecule has 2 N–H and O–H groups in total.